The molecule has 2 aliphatic rings. The van der Waals surface area contributed by atoms with E-state index in [4.69, 9.17) is 9.47 Å². The molecule has 0 spiro atoms. The molecule has 1 fully saturated rings. The van der Waals surface area contributed by atoms with Gasteiger partial charge in [-0.1, -0.05) is 6.07 Å². The van der Waals surface area contributed by atoms with Crippen LogP contribution < -0.4 is 14.8 Å². The van der Waals surface area contributed by atoms with Crippen molar-refractivity contribution in [3.8, 4) is 11.5 Å². The number of hydrogen-bond donors (Lipinski definition) is 1. The number of esters is 1. The third-order valence-corrected chi connectivity index (χ3v) is 3.91. The third kappa shape index (κ3) is 2.45. The van der Waals surface area contributed by atoms with E-state index in [1.54, 1.807) is 25.1 Å². The molecule has 0 unspecified atom stereocenters. The van der Waals surface area contributed by atoms with Crippen LogP contribution in [0.2, 0.25) is 0 Å². The lowest BCUT2D eigenvalue weighted by molar-refractivity contribution is -0.145. The molecule has 0 saturated carbocycles. The van der Waals surface area contributed by atoms with Crippen molar-refractivity contribution in [2.45, 2.75) is 12.5 Å². The summed E-state index contributed by atoms with van der Waals surface area (Å²) in [5, 5.41) is 2.62. The van der Waals surface area contributed by atoms with Gasteiger partial charge in [-0.2, -0.15) is 0 Å². The number of rotatable bonds is 3. The molecular formula is C15H16N2O6. The number of amides is 3. The van der Waals surface area contributed by atoms with Gasteiger partial charge < -0.3 is 19.5 Å². The molecule has 1 saturated heterocycles. The first kappa shape index (κ1) is 15.1. The van der Waals surface area contributed by atoms with Crippen LogP contribution in [0.25, 0.3) is 0 Å². The van der Waals surface area contributed by atoms with Gasteiger partial charge in [0.05, 0.1) is 7.11 Å². The SMILES string of the molecule is COC(=O)CN1C(=O)N[C@@](C)(c2ccc3c(c2)OCCO3)C1=O. The number of nitrogens with zero attached hydrogens (tertiary/aromatic N) is 1. The van der Waals surface area contributed by atoms with Gasteiger partial charge in [-0.25, -0.2) is 4.79 Å². The highest BCUT2D eigenvalue weighted by Gasteiger charge is 2.50. The molecule has 1 atom stereocenters. The number of ether oxygens (including phenoxy) is 3. The average Bonchev–Trinajstić information content (AvgIpc) is 2.78. The maximum atomic E-state index is 12.6. The Hall–Kier alpha value is -2.77. The van der Waals surface area contributed by atoms with Crippen LogP contribution in [0.4, 0.5) is 4.79 Å². The van der Waals surface area contributed by atoms with Gasteiger partial charge >= 0.3 is 12.0 Å². The first-order chi connectivity index (χ1) is 11.0. The van der Waals surface area contributed by atoms with E-state index in [0.717, 1.165) is 4.90 Å². The Bertz CT molecular complexity index is 689. The van der Waals surface area contributed by atoms with E-state index < -0.39 is 30.0 Å². The largest absolute Gasteiger partial charge is 0.486 e. The number of hydrogen-bond acceptors (Lipinski definition) is 6. The first-order valence-electron chi connectivity index (χ1n) is 7.07. The van der Waals surface area contributed by atoms with E-state index in [2.05, 4.69) is 10.1 Å². The Labute approximate surface area is 132 Å². The summed E-state index contributed by atoms with van der Waals surface area (Å²) in [6.45, 7) is 2.03. The summed E-state index contributed by atoms with van der Waals surface area (Å²) < 4.78 is 15.5. The van der Waals surface area contributed by atoms with E-state index in [1.165, 1.54) is 7.11 Å². The maximum absolute atomic E-state index is 12.6. The van der Waals surface area contributed by atoms with Crippen molar-refractivity contribution in [2.24, 2.45) is 0 Å². The minimum absolute atomic E-state index is 0.419. The minimum atomic E-state index is -1.28. The quantitative estimate of drug-likeness (QED) is 0.640. The lowest BCUT2D eigenvalue weighted by Crippen LogP contribution is -2.41. The van der Waals surface area contributed by atoms with E-state index in [1.807, 2.05) is 0 Å². The molecule has 2 heterocycles. The topological polar surface area (TPSA) is 94.2 Å². The summed E-state index contributed by atoms with van der Waals surface area (Å²) in [5.41, 5.74) is -0.728. The molecule has 0 bridgehead atoms. The molecule has 0 aromatic heterocycles. The molecule has 8 heteroatoms. The first-order valence-corrected chi connectivity index (χ1v) is 7.07. The summed E-state index contributed by atoms with van der Waals surface area (Å²) in [7, 11) is 1.20. The van der Waals surface area contributed by atoms with Gasteiger partial charge in [-0.15, -0.1) is 0 Å². The van der Waals surface area contributed by atoms with Gasteiger partial charge in [0.15, 0.2) is 11.5 Å². The van der Waals surface area contributed by atoms with Crippen molar-refractivity contribution in [1.29, 1.82) is 0 Å². The zero-order valence-electron chi connectivity index (χ0n) is 12.8. The van der Waals surface area contributed by atoms with E-state index in [-0.39, 0.29) is 0 Å². The summed E-state index contributed by atoms with van der Waals surface area (Å²) >= 11 is 0. The van der Waals surface area contributed by atoms with Crippen molar-refractivity contribution in [3.63, 3.8) is 0 Å². The van der Waals surface area contributed by atoms with Crippen molar-refractivity contribution in [2.75, 3.05) is 26.9 Å². The summed E-state index contributed by atoms with van der Waals surface area (Å²) in [6, 6.07) is 4.40. The zero-order chi connectivity index (χ0) is 16.6. The summed E-state index contributed by atoms with van der Waals surface area (Å²) in [5.74, 6) is -0.0836. The summed E-state index contributed by atoms with van der Waals surface area (Å²) in [4.78, 5) is 36.9. The van der Waals surface area contributed by atoms with Crippen LogP contribution in [0.15, 0.2) is 18.2 Å². The fraction of sp³-hybridized carbons (Fsp3) is 0.400. The van der Waals surface area contributed by atoms with Gasteiger partial charge in [0, 0.05) is 0 Å². The molecule has 122 valence electrons. The van der Waals surface area contributed by atoms with Crippen LogP contribution in [0.3, 0.4) is 0 Å². The second-order valence-corrected chi connectivity index (χ2v) is 5.38. The Balaban J connectivity index is 1.91. The smallest absolute Gasteiger partial charge is 0.325 e. The molecule has 3 amide bonds. The molecule has 2 aliphatic heterocycles. The number of imide groups is 1. The van der Waals surface area contributed by atoms with Crippen LogP contribution in [-0.4, -0.2) is 49.7 Å². The number of nitrogens with one attached hydrogen (secondary N) is 1. The molecule has 0 radical (unpaired) electrons. The van der Waals surface area contributed by atoms with Gasteiger partial charge in [-0.05, 0) is 24.6 Å². The number of fused-ring (bicyclic) bond motifs is 1. The molecule has 23 heavy (non-hydrogen) atoms. The standard InChI is InChI=1S/C15H16N2O6/c1-15(9-3-4-10-11(7-9)23-6-5-22-10)13(19)17(14(20)16-15)8-12(18)21-2/h3-4,7H,5-6,8H2,1-2H3,(H,16,20)/t15-/m0/s1. The monoisotopic (exact) mass is 320 g/mol. The zero-order valence-corrected chi connectivity index (χ0v) is 12.8. The van der Waals surface area contributed by atoms with Crippen molar-refractivity contribution in [3.05, 3.63) is 23.8 Å². The highest BCUT2D eigenvalue weighted by molar-refractivity contribution is 6.08. The number of carbonyl (C=O) groups excluding carboxylic acids is 3. The van der Waals surface area contributed by atoms with Crippen LogP contribution in [0, 0.1) is 0 Å². The molecule has 1 aromatic rings. The number of urea groups is 1. The molecule has 1 aromatic carbocycles. The van der Waals surface area contributed by atoms with Gasteiger partial charge in [-0.3, -0.25) is 14.5 Å². The van der Waals surface area contributed by atoms with E-state index in [0.29, 0.717) is 30.3 Å². The second-order valence-electron chi connectivity index (χ2n) is 5.38. The fourth-order valence-electron chi connectivity index (χ4n) is 2.58. The Kier molecular flexibility index (Phi) is 3.59. The third-order valence-electron chi connectivity index (χ3n) is 3.91. The Morgan fingerprint density at radius 3 is 2.70 bits per heavy atom. The van der Waals surface area contributed by atoms with Gasteiger partial charge in [0.1, 0.15) is 25.3 Å². The lowest BCUT2D eigenvalue weighted by Gasteiger charge is -2.25. The van der Waals surface area contributed by atoms with Crippen LogP contribution in [0.1, 0.15) is 12.5 Å². The normalized spacial score (nSPS) is 22.8. The predicted molar refractivity (Wildman–Crippen MR) is 77.0 cm³/mol. The van der Waals surface area contributed by atoms with Gasteiger partial charge in [0.2, 0.25) is 0 Å². The van der Waals surface area contributed by atoms with E-state index in [9.17, 15) is 14.4 Å². The molecule has 3 rings (SSSR count). The highest BCUT2D eigenvalue weighted by atomic mass is 16.6. The highest BCUT2D eigenvalue weighted by Crippen LogP contribution is 2.36. The predicted octanol–water partition coefficient (Wildman–Crippen LogP) is 0.398. The maximum Gasteiger partial charge on any atom is 0.325 e. The van der Waals surface area contributed by atoms with Crippen LogP contribution in [-0.2, 0) is 19.9 Å². The number of carbonyl (C=O) groups is 3. The molecular weight excluding hydrogens is 304 g/mol. The summed E-state index contributed by atoms with van der Waals surface area (Å²) in [6.07, 6.45) is 0. The second kappa shape index (κ2) is 5.45. The molecule has 1 N–H and O–H groups in total. The van der Waals surface area contributed by atoms with E-state index >= 15 is 0 Å². The van der Waals surface area contributed by atoms with Crippen LogP contribution >= 0.6 is 0 Å². The lowest BCUT2D eigenvalue weighted by atomic mass is 9.91. The average molecular weight is 320 g/mol. The molecule has 0 aliphatic carbocycles. The van der Waals surface area contributed by atoms with Crippen molar-refractivity contribution < 1.29 is 28.6 Å². The van der Waals surface area contributed by atoms with Gasteiger partial charge in [0.25, 0.3) is 5.91 Å². The molecule has 8 nitrogen and oxygen atoms in total. The number of benzene rings is 1. The van der Waals surface area contributed by atoms with Crippen LogP contribution in [0.5, 0.6) is 11.5 Å². The Morgan fingerprint density at radius 2 is 2.00 bits per heavy atom. The van der Waals surface area contributed by atoms with Crippen molar-refractivity contribution >= 4 is 17.9 Å². The van der Waals surface area contributed by atoms with Crippen molar-refractivity contribution in [1.82, 2.24) is 10.2 Å². The fourth-order valence-corrected chi connectivity index (χ4v) is 2.58. The number of methoxy groups -OCH3 is 1. The Morgan fingerprint density at radius 1 is 1.30 bits per heavy atom. The minimum Gasteiger partial charge on any atom is -0.486 e.